The van der Waals surface area contributed by atoms with Gasteiger partial charge >= 0.3 is 0 Å². The number of pyridine rings is 1. The average molecular weight is 411 g/mol. The van der Waals surface area contributed by atoms with Crippen LogP contribution in [0.2, 0.25) is 0 Å². The predicted molar refractivity (Wildman–Crippen MR) is 114 cm³/mol. The Bertz CT molecular complexity index is 880. The molecule has 0 bridgehead atoms. The number of rotatable bonds is 6. The van der Waals surface area contributed by atoms with Crippen LogP contribution in [0, 0.1) is 5.92 Å². The van der Waals surface area contributed by atoms with E-state index < -0.39 is 11.5 Å². The molecular weight excluding hydrogens is 380 g/mol. The van der Waals surface area contributed by atoms with Crippen LogP contribution in [0.1, 0.15) is 36.8 Å². The molecule has 4 rings (SSSR count). The van der Waals surface area contributed by atoms with Gasteiger partial charge in [-0.2, -0.15) is 0 Å². The Morgan fingerprint density at radius 1 is 1.10 bits per heavy atom. The van der Waals surface area contributed by atoms with Crippen LogP contribution in [-0.4, -0.2) is 54.3 Å². The molecule has 1 amide bonds. The molecule has 1 saturated heterocycles. The smallest absolute Gasteiger partial charge is 0.233 e. The summed E-state index contributed by atoms with van der Waals surface area (Å²) in [4.78, 5) is 19.7. The zero-order chi connectivity index (χ0) is 21.1. The average Bonchev–Trinajstić information content (AvgIpc) is 3.41. The number of aromatic nitrogens is 1. The standard InChI is InChI=1S/C24H30N2O4/c1-29-21-6-5-19(14-22(21)30-2)24(9-3-4-10-24)23(28)26-15-18(20(27)16-26)13-17-7-11-25-12-8-17/h5-8,11-12,14,18,20,27H,3-4,9-10,13,15-16H2,1-2H3/t18-,20-/m1/s1. The zero-order valence-corrected chi connectivity index (χ0v) is 17.7. The lowest BCUT2D eigenvalue weighted by atomic mass is 9.77. The van der Waals surface area contributed by atoms with Crippen molar-refractivity contribution in [2.45, 2.75) is 43.6 Å². The molecule has 1 aliphatic heterocycles. The van der Waals surface area contributed by atoms with Crippen LogP contribution in [-0.2, 0) is 16.6 Å². The lowest BCUT2D eigenvalue weighted by Crippen LogP contribution is -2.45. The Labute approximate surface area is 177 Å². The fourth-order valence-corrected chi connectivity index (χ4v) is 5.08. The summed E-state index contributed by atoms with van der Waals surface area (Å²) in [5.41, 5.74) is 1.57. The quantitative estimate of drug-likeness (QED) is 0.793. The van der Waals surface area contributed by atoms with Crippen molar-refractivity contribution in [3.8, 4) is 11.5 Å². The van der Waals surface area contributed by atoms with Crippen molar-refractivity contribution in [1.82, 2.24) is 9.88 Å². The number of nitrogens with zero attached hydrogens (tertiary/aromatic N) is 2. The Balaban J connectivity index is 1.57. The number of carbonyl (C=O) groups excluding carboxylic acids is 1. The van der Waals surface area contributed by atoms with Gasteiger partial charge in [0, 0.05) is 31.4 Å². The molecule has 6 heteroatoms. The first-order valence-electron chi connectivity index (χ1n) is 10.7. The second-order valence-electron chi connectivity index (χ2n) is 8.46. The first-order valence-corrected chi connectivity index (χ1v) is 10.7. The van der Waals surface area contributed by atoms with E-state index in [1.807, 2.05) is 35.2 Å². The van der Waals surface area contributed by atoms with Crippen molar-refractivity contribution in [3.63, 3.8) is 0 Å². The van der Waals surface area contributed by atoms with Gasteiger partial charge in [0.1, 0.15) is 0 Å². The van der Waals surface area contributed by atoms with Gasteiger partial charge in [0.05, 0.1) is 25.7 Å². The lowest BCUT2D eigenvalue weighted by Gasteiger charge is -2.33. The van der Waals surface area contributed by atoms with Gasteiger partial charge < -0.3 is 19.5 Å². The fourth-order valence-electron chi connectivity index (χ4n) is 5.08. The van der Waals surface area contributed by atoms with Gasteiger partial charge in [-0.3, -0.25) is 9.78 Å². The first-order chi connectivity index (χ1) is 14.6. The van der Waals surface area contributed by atoms with Crippen LogP contribution < -0.4 is 9.47 Å². The van der Waals surface area contributed by atoms with Crippen LogP contribution in [0.5, 0.6) is 11.5 Å². The monoisotopic (exact) mass is 410 g/mol. The van der Waals surface area contributed by atoms with E-state index in [4.69, 9.17) is 9.47 Å². The third-order valence-electron chi connectivity index (χ3n) is 6.74. The minimum atomic E-state index is -0.551. The van der Waals surface area contributed by atoms with Crippen molar-refractivity contribution in [1.29, 1.82) is 0 Å². The molecule has 2 atom stereocenters. The topological polar surface area (TPSA) is 71.9 Å². The van der Waals surface area contributed by atoms with Crippen LogP contribution in [0.3, 0.4) is 0 Å². The van der Waals surface area contributed by atoms with Gasteiger partial charge in [-0.25, -0.2) is 0 Å². The highest BCUT2D eigenvalue weighted by molar-refractivity contribution is 5.89. The Kier molecular flexibility index (Phi) is 5.95. The van der Waals surface area contributed by atoms with Gasteiger partial charge in [-0.1, -0.05) is 18.9 Å². The molecule has 2 aliphatic rings. The maximum absolute atomic E-state index is 13.8. The molecule has 160 valence electrons. The van der Waals surface area contributed by atoms with Crippen molar-refractivity contribution < 1.29 is 19.4 Å². The first kappa shape index (κ1) is 20.7. The van der Waals surface area contributed by atoms with Gasteiger partial charge in [0.15, 0.2) is 11.5 Å². The predicted octanol–water partition coefficient (Wildman–Crippen LogP) is 2.97. The molecular formula is C24H30N2O4. The number of β-amino-alcohol motifs (C(OH)–C–C–N with tert-alkyl or cyclic N) is 1. The second-order valence-corrected chi connectivity index (χ2v) is 8.46. The maximum Gasteiger partial charge on any atom is 0.233 e. The molecule has 1 aliphatic carbocycles. The summed E-state index contributed by atoms with van der Waals surface area (Å²) in [6.07, 6.45) is 7.47. The highest BCUT2D eigenvalue weighted by Gasteiger charge is 2.48. The van der Waals surface area contributed by atoms with Crippen molar-refractivity contribution in [2.75, 3.05) is 27.3 Å². The molecule has 2 fully saturated rings. The molecule has 0 spiro atoms. The molecule has 2 aromatic rings. The molecule has 2 heterocycles. The maximum atomic E-state index is 13.8. The van der Waals surface area contributed by atoms with E-state index in [1.54, 1.807) is 26.6 Å². The lowest BCUT2D eigenvalue weighted by molar-refractivity contribution is -0.136. The number of benzene rings is 1. The largest absolute Gasteiger partial charge is 0.493 e. The Hall–Kier alpha value is -2.60. The summed E-state index contributed by atoms with van der Waals surface area (Å²) in [6.45, 7) is 0.973. The van der Waals surface area contributed by atoms with Crippen molar-refractivity contribution in [3.05, 3.63) is 53.9 Å². The van der Waals surface area contributed by atoms with E-state index in [0.29, 0.717) is 24.6 Å². The minimum absolute atomic E-state index is 0.0419. The van der Waals surface area contributed by atoms with E-state index in [2.05, 4.69) is 4.98 Å². The number of methoxy groups -OCH3 is 2. The van der Waals surface area contributed by atoms with Gasteiger partial charge in [-0.15, -0.1) is 0 Å². The van der Waals surface area contributed by atoms with E-state index in [0.717, 1.165) is 43.2 Å². The number of likely N-dealkylation sites (tertiary alicyclic amines) is 1. The number of carbonyl (C=O) groups is 1. The zero-order valence-electron chi connectivity index (χ0n) is 17.7. The van der Waals surface area contributed by atoms with Crippen LogP contribution in [0.15, 0.2) is 42.7 Å². The number of hydrogen-bond acceptors (Lipinski definition) is 5. The summed E-state index contributed by atoms with van der Waals surface area (Å²) in [7, 11) is 3.23. The molecule has 1 aromatic heterocycles. The SMILES string of the molecule is COc1ccc(C2(C(=O)N3C[C@@H](Cc4ccncc4)[C@H](O)C3)CCCC2)cc1OC. The third kappa shape index (κ3) is 3.76. The summed E-state index contributed by atoms with van der Waals surface area (Å²) in [5.74, 6) is 1.48. The summed E-state index contributed by atoms with van der Waals surface area (Å²) >= 11 is 0. The van der Waals surface area contributed by atoms with Crippen molar-refractivity contribution in [2.24, 2.45) is 5.92 Å². The van der Waals surface area contributed by atoms with Crippen LogP contribution >= 0.6 is 0 Å². The number of ether oxygens (including phenoxy) is 2. The fraction of sp³-hybridized carbons (Fsp3) is 0.500. The van der Waals surface area contributed by atoms with E-state index in [1.165, 1.54) is 0 Å². The van der Waals surface area contributed by atoms with Gasteiger partial charge in [0.2, 0.25) is 5.91 Å². The molecule has 30 heavy (non-hydrogen) atoms. The number of aliphatic hydroxyl groups is 1. The van der Waals surface area contributed by atoms with Crippen molar-refractivity contribution >= 4 is 5.91 Å². The molecule has 0 unspecified atom stereocenters. The minimum Gasteiger partial charge on any atom is -0.493 e. The number of amides is 1. The normalized spacial score (nSPS) is 22.8. The summed E-state index contributed by atoms with van der Waals surface area (Å²) < 4.78 is 10.9. The third-order valence-corrected chi connectivity index (χ3v) is 6.74. The van der Waals surface area contributed by atoms with E-state index in [-0.39, 0.29) is 11.8 Å². The van der Waals surface area contributed by atoms with Gasteiger partial charge in [0.25, 0.3) is 0 Å². The summed E-state index contributed by atoms with van der Waals surface area (Å²) in [6, 6.07) is 9.76. The summed E-state index contributed by atoms with van der Waals surface area (Å²) in [5, 5.41) is 10.7. The van der Waals surface area contributed by atoms with Crippen LogP contribution in [0.4, 0.5) is 0 Å². The van der Waals surface area contributed by atoms with E-state index >= 15 is 0 Å². The highest BCUT2D eigenvalue weighted by atomic mass is 16.5. The number of aliphatic hydroxyl groups excluding tert-OH is 1. The Morgan fingerprint density at radius 3 is 2.47 bits per heavy atom. The van der Waals surface area contributed by atoms with Crippen LogP contribution in [0.25, 0.3) is 0 Å². The number of hydrogen-bond donors (Lipinski definition) is 1. The highest BCUT2D eigenvalue weighted by Crippen LogP contribution is 2.45. The molecule has 6 nitrogen and oxygen atoms in total. The molecule has 1 aromatic carbocycles. The van der Waals surface area contributed by atoms with Gasteiger partial charge in [-0.05, 0) is 54.7 Å². The Morgan fingerprint density at radius 2 is 1.80 bits per heavy atom. The van der Waals surface area contributed by atoms with E-state index in [9.17, 15) is 9.90 Å². The molecule has 0 radical (unpaired) electrons. The molecule has 1 N–H and O–H groups in total. The molecule has 1 saturated carbocycles. The second kappa shape index (κ2) is 8.64.